The van der Waals surface area contributed by atoms with Crippen LogP contribution in [0.15, 0.2) is 23.2 Å². The smallest absolute Gasteiger partial charge is 0.310 e. The molecular weight excluding hydrogens is 358 g/mol. The molecule has 7 nitrogen and oxygen atoms in total. The molecule has 0 radical (unpaired) electrons. The SMILES string of the molecule is CCNC(=NCc1ccc(OCC)c(OC)c1)N1CCCC(C(=O)OCC)C1. The van der Waals surface area contributed by atoms with Crippen molar-refractivity contribution in [2.75, 3.05) is 40.0 Å². The molecule has 1 unspecified atom stereocenters. The summed E-state index contributed by atoms with van der Waals surface area (Å²) in [5, 5.41) is 3.34. The molecule has 1 aromatic rings. The molecule has 7 heteroatoms. The Morgan fingerprint density at radius 1 is 1.25 bits per heavy atom. The van der Waals surface area contributed by atoms with E-state index in [1.54, 1.807) is 7.11 Å². The molecular formula is C21H33N3O4. The van der Waals surface area contributed by atoms with Crippen LogP contribution in [0.25, 0.3) is 0 Å². The highest BCUT2D eigenvalue weighted by molar-refractivity contribution is 5.81. The van der Waals surface area contributed by atoms with Crippen LogP contribution in [0, 0.1) is 5.92 Å². The van der Waals surface area contributed by atoms with Crippen LogP contribution in [0.2, 0.25) is 0 Å². The van der Waals surface area contributed by atoms with E-state index in [1.165, 1.54) is 0 Å². The number of esters is 1. The van der Waals surface area contributed by atoms with Crippen molar-refractivity contribution >= 4 is 11.9 Å². The lowest BCUT2D eigenvalue weighted by Crippen LogP contribution is -2.48. The monoisotopic (exact) mass is 391 g/mol. The van der Waals surface area contributed by atoms with Crippen molar-refractivity contribution in [3.05, 3.63) is 23.8 Å². The van der Waals surface area contributed by atoms with E-state index in [0.29, 0.717) is 32.1 Å². The number of hydrogen-bond donors (Lipinski definition) is 1. The number of piperidine rings is 1. The van der Waals surface area contributed by atoms with Gasteiger partial charge >= 0.3 is 5.97 Å². The van der Waals surface area contributed by atoms with Crippen molar-refractivity contribution in [3.63, 3.8) is 0 Å². The van der Waals surface area contributed by atoms with Crippen molar-refractivity contribution in [2.45, 2.75) is 40.2 Å². The average molecular weight is 392 g/mol. The number of guanidine groups is 1. The Morgan fingerprint density at radius 3 is 2.75 bits per heavy atom. The molecule has 1 heterocycles. The molecule has 0 saturated carbocycles. The van der Waals surface area contributed by atoms with Crippen LogP contribution in [0.1, 0.15) is 39.2 Å². The molecule has 0 aromatic heterocycles. The first-order valence-corrected chi connectivity index (χ1v) is 10.1. The second-order valence-corrected chi connectivity index (χ2v) is 6.63. The summed E-state index contributed by atoms with van der Waals surface area (Å²) in [5.41, 5.74) is 1.04. The van der Waals surface area contributed by atoms with Gasteiger partial charge in [-0.25, -0.2) is 4.99 Å². The van der Waals surface area contributed by atoms with Gasteiger partial charge in [-0.3, -0.25) is 4.79 Å². The van der Waals surface area contributed by atoms with Crippen LogP contribution >= 0.6 is 0 Å². The van der Waals surface area contributed by atoms with Gasteiger partial charge in [-0.15, -0.1) is 0 Å². The van der Waals surface area contributed by atoms with E-state index in [4.69, 9.17) is 19.2 Å². The maximum absolute atomic E-state index is 12.1. The highest BCUT2D eigenvalue weighted by Crippen LogP contribution is 2.28. The largest absolute Gasteiger partial charge is 0.493 e. The van der Waals surface area contributed by atoms with Crippen LogP contribution in [0.3, 0.4) is 0 Å². The van der Waals surface area contributed by atoms with Crippen molar-refractivity contribution in [2.24, 2.45) is 10.9 Å². The first-order chi connectivity index (χ1) is 13.6. The Kier molecular flexibility index (Phi) is 8.91. The number of methoxy groups -OCH3 is 1. The molecule has 1 N–H and O–H groups in total. The minimum atomic E-state index is -0.112. The van der Waals surface area contributed by atoms with Crippen LogP contribution < -0.4 is 14.8 Å². The summed E-state index contributed by atoms with van der Waals surface area (Å²) in [4.78, 5) is 19.1. The van der Waals surface area contributed by atoms with E-state index in [9.17, 15) is 4.79 Å². The first kappa shape index (κ1) is 21.9. The van der Waals surface area contributed by atoms with Crippen LogP contribution in [0.5, 0.6) is 11.5 Å². The van der Waals surface area contributed by atoms with Crippen LogP contribution in [0.4, 0.5) is 0 Å². The zero-order valence-electron chi connectivity index (χ0n) is 17.5. The number of nitrogens with one attached hydrogen (secondary N) is 1. The molecule has 2 rings (SSSR count). The maximum Gasteiger partial charge on any atom is 0.310 e. The highest BCUT2D eigenvalue weighted by Gasteiger charge is 2.28. The normalized spacial score (nSPS) is 17.2. The molecule has 1 atom stereocenters. The quantitative estimate of drug-likeness (QED) is 0.417. The standard InChI is InChI=1S/C21H33N3O4/c1-5-22-21(24-12-8-9-17(15-24)20(25)28-7-3)23-14-16-10-11-18(27-6-2)19(13-16)26-4/h10-11,13,17H,5-9,12,14-15H2,1-4H3,(H,22,23). The fraction of sp³-hybridized carbons (Fsp3) is 0.619. The first-order valence-electron chi connectivity index (χ1n) is 10.1. The van der Waals surface area contributed by atoms with Gasteiger partial charge in [-0.1, -0.05) is 6.07 Å². The molecule has 0 spiro atoms. The van der Waals surface area contributed by atoms with Gasteiger partial charge in [0.05, 0.1) is 32.8 Å². The number of carbonyl (C=O) groups excluding carboxylic acids is 1. The van der Waals surface area contributed by atoms with Gasteiger partial charge < -0.3 is 24.4 Å². The lowest BCUT2D eigenvalue weighted by atomic mass is 9.98. The lowest BCUT2D eigenvalue weighted by molar-refractivity contribution is -0.149. The number of carbonyl (C=O) groups is 1. The number of ether oxygens (including phenoxy) is 3. The molecule has 0 amide bonds. The second-order valence-electron chi connectivity index (χ2n) is 6.63. The Bertz CT molecular complexity index is 663. The van der Waals surface area contributed by atoms with Gasteiger partial charge in [0.25, 0.3) is 0 Å². The fourth-order valence-electron chi connectivity index (χ4n) is 3.30. The Hall–Kier alpha value is -2.44. The topological polar surface area (TPSA) is 72.4 Å². The lowest BCUT2D eigenvalue weighted by Gasteiger charge is -2.34. The predicted molar refractivity (Wildman–Crippen MR) is 110 cm³/mol. The van der Waals surface area contributed by atoms with Crippen molar-refractivity contribution < 1.29 is 19.0 Å². The fourth-order valence-corrected chi connectivity index (χ4v) is 3.30. The summed E-state index contributed by atoms with van der Waals surface area (Å²) >= 11 is 0. The molecule has 1 aliphatic rings. The molecule has 156 valence electrons. The second kappa shape index (κ2) is 11.4. The predicted octanol–water partition coefficient (Wildman–Crippen LogP) is 2.83. The van der Waals surface area contributed by atoms with E-state index in [-0.39, 0.29) is 11.9 Å². The minimum absolute atomic E-state index is 0.0943. The third-order valence-corrected chi connectivity index (χ3v) is 4.62. The highest BCUT2D eigenvalue weighted by atomic mass is 16.5. The van der Waals surface area contributed by atoms with E-state index in [1.807, 2.05) is 39.0 Å². The number of benzene rings is 1. The number of likely N-dealkylation sites (tertiary alicyclic amines) is 1. The molecule has 1 fully saturated rings. The average Bonchev–Trinajstić information content (AvgIpc) is 2.72. The van der Waals surface area contributed by atoms with Crippen molar-refractivity contribution in [3.8, 4) is 11.5 Å². The third kappa shape index (κ3) is 6.04. The zero-order chi connectivity index (χ0) is 20.4. The summed E-state index contributed by atoms with van der Waals surface area (Å²) in [7, 11) is 1.64. The van der Waals surface area contributed by atoms with E-state index >= 15 is 0 Å². The molecule has 1 aromatic carbocycles. The Balaban J connectivity index is 2.10. The van der Waals surface area contributed by atoms with Gasteiger partial charge in [0, 0.05) is 19.6 Å². The Morgan fingerprint density at radius 2 is 2.07 bits per heavy atom. The van der Waals surface area contributed by atoms with Gasteiger partial charge in [-0.05, 0) is 51.3 Å². The van der Waals surface area contributed by atoms with Gasteiger partial charge in [0.15, 0.2) is 17.5 Å². The Labute approximate surface area is 168 Å². The summed E-state index contributed by atoms with van der Waals surface area (Å²) < 4.78 is 16.2. The molecule has 1 aliphatic heterocycles. The van der Waals surface area contributed by atoms with Crippen molar-refractivity contribution in [1.29, 1.82) is 0 Å². The zero-order valence-corrected chi connectivity index (χ0v) is 17.5. The van der Waals surface area contributed by atoms with Crippen molar-refractivity contribution in [1.82, 2.24) is 10.2 Å². The summed E-state index contributed by atoms with van der Waals surface area (Å²) in [6.45, 7) is 9.65. The third-order valence-electron chi connectivity index (χ3n) is 4.62. The molecule has 1 saturated heterocycles. The summed E-state index contributed by atoms with van der Waals surface area (Å²) in [5.74, 6) is 2.06. The van der Waals surface area contributed by atoms with Crippen LogP contribution in [-0.4, -0.2) is 56.8 Å². The summed E-state index contributed by atoms with van der Waals surface area (Å²) in [6, 6.07) is 5.87. The minimum Gasteiger partial charge on any atom is -0.493 e. The van der Waals surface area contributed by atoms with E-state index < -0.39 is 0 Å². The number of hydrogen-bond acceptors (Lipinski definition) is 5. The summed E-state index contributed by atoms with van der Waals surface area (Å²) in [6.07, 6.45) is 1.82. The molecule has 28 heavy (non-hydrogen) atoms. The van der Waals surface area contributed by atoms with E-state index in [0.717, 1.165) is 43.2 Å². The van der Waals surface area contributed by atoms with Gasteiger partial charge in [-0.2, -0.15) is 0 Å². The molecule has 0 bridgehead atoms. The number of rotatable bonds is 8. The number of nitrogens with zero attached hydrogens (tertiary/aromatic N) is 2. The van der Waals surface area contributed by atoms with Gasteiger partial charge in [0.2, 0.25) is 0 Å². The van der Waals surface area contributed by atoms with Gasteiger partial charge in [0.1, 0.15) is 0 Å². The number of aliphatic imine (C=N–C) groups is 1. The van der Waals surface area contributed by atoms with E-state index in [2.05, 4.69) is 10.2 Å². The molecule has 0 aliphatic carbocycles. The van der Waals surface area contributed by atoms with Crippen LogP contribution in [-0.2, 0) is 16.1 Å². The maximum atomic E-state index is 12.1.